The van der Waals surface area contributed by atoms with E-state index >= 15 is 0 Å². The predicted molar refractivity (Wildman–Crippen MR) is 131 cm³/mol. The van der Waals surface area contributed by atoms with Crippen LogP contribution in [0.5, 0.6) is 17.2 Å². The van der Waals surface area contributed by atoms with Gasteiger partial charge in [-0.1, -0.05) is 12.1 Å². The minimum Gasteiger partial charge on any atom is -0.497 e. The molecule has 9 heteroatoms. The van der Waals surface area contributed by atoms with Gasteiger partial charge in [0.2, 0.25) is 0 Å². The Morgan fingerprint density at radius 2 is 1.62 bits per heavy atom. The van der Waals surface area contributed by atoms with Gasteiger partial charge in [0.25, 0.3) is 15.9 Å². The SMILES string of the molecule is COc1ccc(NS(=O)(=O)c2ccc(NC(=O)[C@H](C)Oc3cccc(C)c3C)cc2)c(OC)c1. The normalized spacial score (nSPS) is 11.9. The van der Waals surface area contributed by atoms with Crippen molar-refractivity contribution in [3.63, 3.8) is 0 Å². The Balaban J connectivity index is 1.68. The van der Waals surface area contributed by atoms with Crippen LogP contribution in [0, 0.1) is 13.8 Å². The maximum atomic E-state index is 12.8. The van der Waals surface area contributed by atoms with E-state index < -0.39 is 16.1 Å². The highest BCUT2D eigenvalue weighted by Crippen LogP contribution is 2.31. The summed E-state index contributed by atoms with van der Waals surface area (Å²) in [6, 6.07) is 16.3. The number of amides is 1. The monoisotopic (exact) mass is 484 g/mol. The third kappa shape index (κ3) is 5.79. The molecule has 1 atom stereocenters. The molecule has 0 saturated carbocycles. The van der Waals surface area contributed by atoms with E-state index in [4.69, 9.17) is 14.2 Å². The van der Waals surface area contributed by atoms with Crippen molar-refractivity contribution in [2.75, 3.05) is 24.3 Å². The Labute approximate surface area is 199 Å². The molecule has 0 unspecified atom stereocenters. The maximum absolute atomic E-state index is 12.8. The number of methoxy groups -OCH3 is 2. The first-order valence-corrected chi connectivity index (χ1v) is 12.0. The number of hydrogen-bond donors (Lipinski definition) is 2. The molecule has 0 fully saturated rings. The largest absolute Gasteiger partial charge is 0.497 e. The summed E-state index contributed by atoms with van der Waals surface area (Å²) in [5, 5.41) is 2.74. The van der Waals surface area contributed by atoms with Crippen molar-refractivity contribution in [3.05, 3.63) is 71.8 Å². The number of anilines is 2. The van der Waals surface area contributed by atoms with Crippen LogP contribution in [-0.4, -0.2) is 34.6 Å². The van der Waals surface area contributed by atoms with E-state index in [1.165, 1.54) is 38.5 Å². The Hall–Kier alpha value is -3.72. The molecule has 1 amide bonds. The lowest BCUT2D eigenvalue weighted by Crippen LogP contribution is -2.30. The van der Waals surface area contributed by atoms with Crippen molar-refractivity contribution in [3.8, 4) is 17.2 Å². The summed E-state index contributed by atoms with van der Waals surface area (Å²) in [5.41, 5.74) is 2.76. The topological polar surface area (TPSA) is 103 Å². The van der Waals surface area contributed by atoms with Gasteiger partial charge in [-0.2, -0.15) is 0 Å². The summed E-state index contributed by atoms with van der Waals surface area (Å²) in [6.07, 6.45) is -0.742. The molecule has 34 heavy (non-hydrogen) atoms. The molecular formula is C25H28N2O6S. The molecule has 2 N–H and O–H groups in total. The molecule has 0 spiro atoms. The number of aryl methyl sites for hydroxylation is 1. The standard InChI is InChI=1S/C25H28N2O6S/c1-16-7-6-8-23(17(16)2)33-18(3)25(28)26-19-9-12-21(13-10-19)34(29,30)27-22-14-11-20(31-4)15-24(22)32-5/h6-15,18,27H,1-5H3,(H,26,28)/t18-/m0/s1. The van der Waals surface area contributed by atoms with Crippen molar-refractivity contribution < 1.29 is 27.4 Å². The van der Waals surface area contributed by atoms with Gasteiger partial charge in [0.15, 0.2) is 6.10 Å². The first-order chi connectivity index (χ1) is 16.1. The van der Waals surface area contributed by atoms with Crippen molar-refractivity contribution in [2.24, 2.45) is 0 Å². The Morgan fingerprint density at radius 1 is 0.912 bits per heavy atom. The van der Waals surface area contributed by atoms with Gasteiger partial charge in [-0.05, 0) is 74.4 Å². The number of hydrogen-bond acceptors (Lipinski definition) is 6. The lowest BCUT2D eigenvalue weighted by Gasteiger charge is -2.17. The van der Waals surface area contributed by atoms with Gasteiger partial charge in [-0.3, -0.25) is 9.52 Å². The Bertz CT molecular complexity index is 1270. The van der Waals surface area contributed by atoms with E-state index in [2.05, 4.69) is 10.0 Å². The minimum absolute atomic E-state index is 0.0306. The van der Waals surface area contributed by atoms with E-state index in [9.17, 15) is 13.2 Å². The van der Waals surface area contributed by atoms with Gasteiger partial charge in [-0.25, -0.2) is 8.42 Å². The number of benzene rings is 3. The molecule has 0 saturated heterocycles. The second kappa shape index (κ2) is 10.5. The molecule has 8 nitrogen and oxygen atoms in total. The summed E-state index contributed by atoms with van der Waals surface area (Å²) in [6.45, 7) is 5.56. The first kappa shape index (κ1) is 24.9. The molecule has 180 valence electrons. The van der Waals surface area contributed by atoms with Gasteiger partial charge in [0.1, 0.15) is 17.2 Å². The summed E-state index contributed by atoms with van der Waals surface area (Å²) >= 11 is 0. The fraction of sp³-hybridized carbons (Fsp3) is 0.240. The molecular weight excluding hydrogens is 456 g/mol. The molecule has 3 rings (SSSR count). The smallest absolute Gasteiger partial charge is 0.265 e. The summed E-state index contributed by atoms with van der Waals surface area (Å²) in [7, 11) is -0.936. The maximum Gasteiger partial charge on any atom is 0.265 e. The lowest BCUT2D eigenvalue weighted by molar-refractivity contribution is -0.122. The van der Waals surface area contributed by atoms with Crippen molar-refractivity contribution in [2.45, 2.75) is 31.8 Å². The van der Waals surface area contributed by atoms with Crippen LogP contribution in [-0.2, 0) is 14.8 Å². The van der Waals surface area contributed by atoms with Crippen LogP contribution in [0.4, 0.5) is 11.4 Å². The van der Waals surface area contributed by atoms with Crippen LogP contribution in [0.3, 0.4) is 0 Å². The molecule has 0 bridgehead atoms. The molecule has 0 aliphatic rings. The van der Waals surface area contributed by atoms with Crippen LogP contribution < -0.4 is 24.2 Å². The second-order valence-electron chi connectivity index (χ2n) is 7.64. The highest BCUT2D eigenvalue weighted by atomic mass is 32.2. The van der Waals surface area contributed by atoms with Crippen molar-refractivity contribution in [1.82, 2.24) is 0 Å². The minimum atomic E-state index is -3.88. The quantitative estimate of drug-likeness (QED) is 0.463. The Kier molecular flexibility index (Phi) is 7.68. The van der Waals surface area contributed by atoms with E-state index in [-0.39, 0.29) is 16.5 Å². The molecule has 0 aliphatic heterocycles. The molecule has 0 heterocycles. The number of rotatable bonds is 9. The van der Waals surface area contributed by atoms with Crippen LogP contribution in [0.15, 0.2) is 65.6 Å². The van der Waals surface area contributed by atoms with Gasteiger partial charge in [0.05, 0.1) is 24.8 Å². The third-order valence-electron chi connectivity index (χ3n) is 5.31. The summed E-state index contributed by atoms with van der Waals surface area (Å²) in [5.74, 6) is 1.15. The number of nitrogens with one attached hydrogen (secondary N) is 2. The van der Waals surface area contributed by atoms with E-state index in [0.717, 1.165) is 11.1 Å². The lowest BCUT2D eigenvalue weighted by atomic mass is 10.1. The van der Waals surface area contributed by atoms with Gasteiger partial charge in [-0.15, -0.1) is 0 Å². The van der Waals surface area contributed by atoms with Gasteiger partial charge >= 0.3 is 0 Å². The highest BCUT2D eigenvalue weighted by molar-refractivity contribution is 7.92. The summed E-state index contributed by atoms with van der Waals surface area (Å²) < 4.78 is 44.3. The highest BCUT2D eigenvalue weighted by Gasteiger charge is 2.19. The number of ether oxygens (including phenoxy) is 3. The van der Waals surface area contributed by atoms with Crippen molar-refractivity contribution >= 4 is 27.3 Å². The molecule has 0 aromatic heterocycles. The third-order valence-corrected chi connectivity index (χ3v) is 6.69. The van der Waals surface area contributed by atoms with Crippen LogP contribution >= 0.6 is 0 Å². The molecule has 3 aromatic carbocycles. The zero-order valence-electron chi connectivity index (χ0n) is 19.7. The van der Waals surface area contributed by atoms with Crippen LogP contribution in [0.2, 0.25) is 0 Å². The zero-order valence-corrected chi connectivity index (χ0v) is 20.5. The van der Waals surface area contributed by atoms with Crippen LogP contribution in [0.1, 0.15) is 18.1 Å². The number of sulfonamides is 1. The fourth-order valence-electron chi connectivity index (χ4n) is 3.14. The van der Waals surface area contributed by atoms with E-state index in [1.807, 2.05) is 32.0 Å². The van der Waals surface area contributed by atoms with Gasteiger partial charge < -0.3 is 19.5 Å². The zero-order chi connectivity index (χ0) is 24.9. The molecule has 0 aliphatic carbocycles. The average molecular weight is 485 g/mol. The summed E-state index contributed by atoms with van der Waals surface area (Å²) in [4.78, 5) is 12.6. The Morgan fingerprint density at radius 3 is 2.26 bits per heavy atom. The molecule has 3 aromatic rings. The second-order valence-corrected chi connectivity index (χ2v) is 9.33. The fourth-order valence-corrected chi connectivity index (χ4v) is 4.21. The first-order valence-electron chi connectivity index (χ1n) is 10.5. The number of carbonyl (C=O) groups excluding carboxylic acids is 1. The molecule has 0 radical (unpaired) electrons. The number of carbonyl (C=O) groups is 1. The predicted octanol–water partition coefficient (Wildman–Crippen LogP) is 4.53. The van der Waals surface area contributed by atoms with E-state index in [1.54, 1.807) is 25.1 Å². The van der Waals surface area contributed by atoms with E-state index in [0.29, 0.717) is 22.9 Å². The van der Waals surface area contributed by atoms with Gasteiger partial charge in [0, 0.05) is 11.8 Å². The van der Waals surface area contributed by atoms with Crippen LogP contribution in [0.25, 0.3) is 0 Å². The average Bonchev–Trinajstić information content (AvgIpc) is 2.82. The van der Waals surface area contributed by atoms with Crippen molar-refractivity contribution in [1.29, 1.82) is 0 Å².